The lowest BCUT2D eigenvalue weighted by Gasteiger charge is -2.03. The van der Waals surface area contributed by atoms with Crippen molar-refractivity contribution in [3.8, 4) is 5.75 Å². The molecule has 2 nitrogen and oxygen atoms in total. The third-order valence-corrected chi connectivity index (χ3v) is 1.79. The number of hydrogen-bond acceptors (Lipinski definition) is 2. The average molecular weight is 219 g/mol. The number of hydrogen-bond donors (Lipinski definition) is 0. The van der Waals surface area contributed by atoms with Gasteiger partial charge in [0.2, 0.25) is 0 Å². The molecule has 0 atom stereocenters. The first-order valence-electron chi connectivity index (χ1n) is 3.78. The van der Waals surface area contributed by atoms with E-state index in [9.17, 15) is 4.79 Å². The molecule has 0 aliphatic carbocycles. The number of benzene rings is 1. The number of ether oxygens (including phenoxy) is 1. The van der Waals surface area contributed by atoms with Crippen LogP contribution in [0.2, 0.25) is 10.0 Å². The summed E-state index contributed by atoms with van der Waals surface area (Å²) >= 11 is 11.4. The molecule has 1 aromatic rings. The van der Waals surface area contributed by atoms with Gasteiger partial charge < -0.3 is 4.74 Å². The van der Waals surface area contributed by atoms with Crippen molar-refractivity contribution in [3.63, 3.8) is 0 Å². The van der Waals surface area contributed by atoms with Crippen molar-refractivity contribution in [3.05, 3.63) is 28.2 Å². The zero-order chi connectivity index (χ0) is 9.84. The standard InChI is InChI=1S/C9H8Cl2O2/c1-2-9(12)13-8-4-6(10)3-7(11)5-8/h3-5H,2H2,1H3. The van der Waals surface area contributed by atoms with E-state index in [4.69, 9.17) is 27.9 Å². The Morgan fingerprint density at radius 1 is 1.31 bits per heavy atom. The lowest BCUT2D eigenvalue weighted by molar-refractivity contribution is -0.134. The zero-order valence-electron chi connectivity index (χ0n) is 7.01. The van der Waals surface area contributed by atoms with Gasteiger partial charge >= 0.3 is 5.97 Å². The topological polar surface area (TPSA) is 26.3 Å². The molecular formula is C9H8Cl2O2. The highest BCUT2D eigenvalue weighted by Crippen LogP contribution is 2.24. The molecule has 4 heteroatoms. The summed E-state index contributed by atoms with van der Waals surface area (Å²) in [6.45, 7) is 1.72. The minimum absolute atomic E-state index is 0.307. The van der Waals surface area contributed by atoms with Gasteiger partial charge in [-0.2, -0.15) is 0 Å². The number of halogens is 2. The molecule has 0 bridgehead atoms. The summed E-state index contributed by atoms with van der Waals surface area (Å²) in [5, 5.41) is 0.901. The third kappa shape index (κ3) is 3.25. The van der Waals surface area contributed by atoms with E-state index in [0.29, 0.717) is 22.2 Å². The monoisotopic (exact) mass is 218 g/mol. The van der Waals surface area contributed by atoms with Crippen molar-refractivity contribution in [1.82, 2.24) is 0 Å². The number of carbonyl (C=O) groups is 1. The molecule has 0 heterocycles. The van der Waals surface area contributed by atoms with Crippen molar-refractivity contribution in [2.75, 3.05) is 0 Å². The van der Waals surface area contributed by atoms with Crippen molar-refractivity contribution >= 4 is 29.2 Å². The van der Waals surface area contributed by atoms with Crippen LogP contribution >= 0.6 is 23.2 Å². The predicted molar refractivity (Wildman–Crippen MR) is 52.4 cm³/mol. The maximum atomic E-state index is 10.9. The molecule has 0 aliphatic heterocycles. The highest BCUT2D eigenvalue weighted by Gasteiger charge is 2.03. The first-order valence-corrected chi connectivity index (χ1v) is 4.54. The normalized spacial score (nSPS) is 9.77. The lowest BCUT2D eigenvalue weighted by atomic mass is 10.3. The molecule has 1 aromatic carbocycles. The van der Waals surface area contributed by atoms with Gasteiger partial charge in [-0.1, -0.05) is 30.1 Å². The number of esters is 1. The fourth-order valence-electron chi connectivity index (χ4n) is 0.791. The Labute approximate surface area is 86.4 Å². The van der Waals surface area contributed by atoms with E-state index in [1.165, 1.54) is 0 Å². The maximum absolute atomic E-state index is 10.9. The highest BCUT2D eigenvalue weighted by atomic mass is 35.5. The molecule has 0 radical (unpaired) electrons. The SMILES string of the molecule is CCC(=O)Oc1cc(Cl)cc(Cl)c1. The van der Waals surface area contributed by atoms with E-state index >= 15 is 0 Å². The van der Waals surface area contributed by atoms with E-state index in [1.54, 1.807) is 25.1 Å². The van der Waals surface area contributed by atoms with Crippen LogP contribution in [0.25, 0.3) is 0 Å². The molecule has 0 aromatic heterocycles. The largest absolute Gasteiger partial charge is 0.426 e. The molecule has 70 valence electrons. The first-order chi connectivity index (χ1) is 6.11. The average Bonchev–Trinajstić information content (AvgIpc) is 2.02. The van der Waals surface area contributed by atoms with Gasteiger partial charge in [0, 0.05) is 16.5 Å². The van der Waals surface area contributed by atoms with Gasteiger partial charge in [0.05, 0.1) is 0 Å². The molecule has 13 heavy (non-hydrogen) atoms. The zero-order valence-corrected chi connectivity index (χ0v) is 8.52. The quantitative estimate of drug-likeness (QED) is 0.563. The van der Waals surface area contributed by atoms with E-state index in [1.807, 2.05) is 0 Å². The van der Waals surface area contributed by atoms with Crippen molar-refractivity contribution in [2.24, 2.45) is 0 Å². The van der Waals surface area contributed by atoms with Crippen LogP contribution in [-0.4, -0.2) is 5.97 Å². The first kappa shape index (κ1) is 10.4. The van der Waals surface area contributed by atoms with Gasteiger partial charge in [-0.3, -0.25) is 4.79 Å². The van der Waals surface area contributed by atoms with Gasteiger partial charge in [-0.25, -0.2) is 0 Å². The van der Waals surface area contributed by atoms with Crippen LogP contribution in [0, 0.1) is 0 Å². The summed E-state index contributed by atoms with van der Waals surface area (Å²) < 4.78 is 4.92. The second kappa shape index (κ2) is 4.49. The van der Waals surface area contributed by atoms with Crippen LogP contribution in [0.15, 0.2) is 18.2 Å². The Hall–Kier alpha value is -0.730. The molecule has 0 saturated heterocycles. The molecule has 0 saturated carbocycles. The van der Waals surface area contributed by atoms with Gasteiger partial charge in [0.15, 0.2) is 0 Å². The Kier molecular flexibility index (Phi) is 3.58. The van der Waals surface area contributed by atoms with Crippen LogP contribution in [-0.2, 0) is 4.79 Å². The van der Waals surface area contributed by atoms with Crippen molar-refractivity contribution < 1.29 is 9.53 Å². The molecule has 0 N–H and O–H groups in total. The van der Waals surface area contributed by atoms with Gasteiger partial charge in [-0.05, 0) is 18.2 Å². The van der Waals surface area contributed by atoms with Crippen molar-refractivity contribution in [2.45, 2.75) is 13.3 Å². The summed E-state index contributed by atoms with van der Waals surface area (Å²) in [5.41, 5.74) is 0. The van der Waals surface area contributed by atoms with Gasteiger partial charge in [0.25, 0.3) is 0 Å². The van der Waals surface area contributed by atoms with Crippen LogP contribution < -0.4 is 4.74 Å². The second-order valence-electron chi connectivity index (χ2n) is 2.43. The molecular weight excluding hydrogens is 211 g/mol. The van der Waals surface area contributed by atoms with Crippen molar-refractivity contribution in [1.29, 1.82) is 0 Å². The molecule has 0 aliphatic rings. The van der Waals surface area contributed by atoms with E-state index in [2.05, 4.69) is 0 Å². The summed E-state index contributed by atoms with van der Waals surface area (Å²) in [5.74, 6) is 0.0719. The Morgan fingerprint density at radius 3 is 2.31 bits per heavy atom. The fraction of sp³-hybridized carbons (Fsp3) is 0.222. The van der Waals surface area contributed by atoms with Crippen LogP contribution in [0.1, 0.15) is 13.3 Å². The molecule has 1 rings (SSSR count). The van der Waals surface area contributed by atoms with E-state index in [-0.39, 0.29) is 5.97 Å². The highest BCUT2D eigenvalue weighted by molar-refractivity contribution is 6.34. The molecule has 0 unspecified atom stereocenters. The molecule has 0 spiro atoms. The Morgan fingerprint density at radius 2 is 1.85 bits per heavy atom. The molecule has 0 amide bonds. The lowest BCUT2D eigenvalue weighted by Crippen LogP contribution is -2.05. The summed E-state index contributed by atoms with van der Waals surface area (Å²) in [4.78, 5) is 10.9. The number of rotatable bonds is 2. The van der Waals surface area contributed by atoms with Crippen LogP contribution in [0.4, 0.5) is 0 Å². The summed E-state index contributed by atoms with van der Waals surface area (Å²) in [6.07, 6.45) is 0.324. The van der Waals surface area contributed by atoms with Gasteiger partial charge in [0.1, 0.15) is 5.75 Å². The minimum Gasteiger partial charge on any atom is -0.426 e. The fourth-order valence-corrected chi connectivity index (χ4v) is 1.30. The smallest absolute Gasteiger partial charge is 0.310 e. The maximum Gasteiger partial charge on any atom is 0.310 e. The Bertz CT molecular complexity index is 303. The van der Waals surface area contributed by atoms with E-state index < -0.39 is 0 Å². The van der Waals surface area contributed by atoms with Crippen LogP contribution in [0.5, 0.6) is 5.75 Å². The Balaban J connectivity index is 2.83. The third-order valence-electron chi connectivity index (χ3n) is 1.36. The molecule has 0 fully saturated rings. The minimum atomic E-state index is -0.307. The number of carbonyl (C=O) groups excluding carboxylic acids is 1. The van der Waals surface area contributed by atoms with Gasteiger partial charge in [-0.15, -0.1) is 0 Å². The predicted octanol–water partition coefficient (Wildman–Crippen LogP) is 3.31. The van der Waals surface area contributed by atoms with Crippen LogP contribution in [0.3, 0.4) is 0 Å². The summed E-state index contributed by atoms with van der Waals surface area (Å²) in [7, 11) is 0. The second-order valence-corrected chi connectivity index (χ2v) is 3.31. The van der Waals surface area contributed by atoms with E-state index in [0.717, 1.165) is 0 Å². The summed E-state index contributed by atoms with van der Waals surface area (Å²) in [6, 6.07) is 4.66.